The highest BCUT2D eigenvalue weighted by Crippen LogP contribution is 2.26. The van der Waals surface area contributed by atoms with Crippen LogP contribution in [0.2, 0.25) is 0 Å². The van der Waals surface area contributed by atoms with E-state index in [1.54, 1.807) is 27.1 Å². The molecule has 1 unspecified atom stereocenters. The van der Waals surface area contributed by atoms with Gasteiger partial charge in [0.2, 0.25) is 0 Å². The quantitative estimate of drug-likeness (QED) is 0.350. The minimum Gasteiger partial charge on any atom is -0.497 e. The van der Waals surface area contributed by atoms with Crippen LogP contribution in [0.3, 0.4) is 0 Å². The summed E-state index contributed by atoms with van der Waals surface area (Å²) in [4.78, 5) is 6.69. The molecule has 1 saturated heterocycles. The maximum Gasteiger partial charge on any atom is 0.191 e. The maximum atomic E-state index is 13.4. The molecule has 7 heteroatoms. The van der Waals surface area contributed by atoms with E-state index in [0.717, 1.165) is 43.3 Å². The highest BCUT2D eigenvalue weighted by atomic mass is 127. The van der Waals surface area contributed by atoms with Gasteiger partial charge in [0.1, 0.15) is 11.6 Å². The molecular formula is C22H30FIN4O. The third kappa shape index (κ3) is 6.48. The Morgan fingerprint density at radius 3 is 2.79 bits per heavy atom. The van der Waals surface area contributed by atoms with Gasteiger partial charge in [-0.2, -0.15) is 0 Å². The molecule has 5 nitrogen and oxygen atoms in total. The number of hydrogen-bond acceptors (Lipinski definition) is 3. The minimum atomic E-state index is -0.173. The van der Waals surface area contributed by atoms with Crippen LogP contribution in [-0.4, -0.2) is 39.8 Å². The third-order valence-electron chi connectivity index (χ3n) is 5.17. The molecule has 158 valence electrons. The Labute approximate surface area is 189 Å². The second-order valence-corrected chi connectivity index (χ2v) is 7.19. The van der Waals surface area contributed by atoms with Crippen LogP contribution in [0.5, 0.6) is 5.75 Å². The van der Waals surface area contributed by atoms with Crippen LogP contribution in [0.1, 0.15) is 17.5 Å². The van der Waals surface area contributed by atoms with Gasteiger partial charge >= 0.3 is 0 Å². The molecule has 0 amide bonds. The van der Waals surface area contributed by atoms with Crippen LogP contribution in [-0.2, 0) is 6.54 Å². The number of benzene rings is 2. The summed E-state index contributed by atoms with van der Waals surface area (Å²) in [6.07, 6.45) is 1.14. The van der Waals surface area contributed by atoms with E-state index in [2.05, 4.69) is 32.7 Å². The van der Waals surface area contributed by atoms with Crippen molar-refractivity contribution in [3.8, 4) is 5.75 Å². The van der Waals surface area contributed by atoms with Crippen LogP contribution in [0.15, 0.2) is 47.5 Å². The SMILES string of the molecule is CN=C(NCc1ccc(F)c(C)c1)NCC1CCN(c2cccc(OC)c2)C1.I. The molecular weight excluding hydrogens is 482 g/mol. The monoisotopic (exact) mass is 512 g/mol. The fourth-order valence-corrected chi connectivity index (χ4v) is 3.51. The molecule has 0 radical (unpaired) electrons. The summed E-state index contributed by atoms with van der Waals surface area (Å²) in [6, 6.07) is 13.4. The number of nitrogens with one attached hydrogen (secondary N) is 2. The number of anilines is 1. The summed E-state index contributed by atoms with van der Waals surface area (Å²) >= 11 is 0. The first-order chi connectivity index (χ1) is 13.6. The Morgan fingerprint density at radius 2 is 2.07 bits per heavy atom. The number of nitrogens with zero attached hydrogens (tertiary/aromatic N) is 2. The molecule has 0 spiro atoms. The number of methoxy groups -OCH3 is 1. The van der Waals surface area contributed by atoms with E-state index >= 15 is 0 Å². The Balaban J connectivity index is 0.00000300. The van der Waals surface area contributed by atoms with E-state index in [-0.39, 0.29) is 29.8 Å². The lowest BCUT2D eigenvalue weighted by molar-refractivity contribution is 0.415. The molecule has 0 aliphatic carbocycles. The largest absolute Gasteiger partial charge is 0.497 e. The standard InChI is InChI=1S/C22H29FN4O.HI/c1-16-11-17(7-8-21(16)23)13-25-22(24-2)26-14-18-9-10-27(15-18)19-5-4-6-20(12-19)28-3;/h4-8,11-12,18H,9-10,13-15H2,1-3H3,(H2,24,25,26);1H. The van der Waals surface area contributed by atoms with Gasteiger partial charge in [-0.25, -0.2) is 4.39 Å². The van der Waals surface area contributed by atoms with Crippen molar-refractivity contribution in [1.82, 2.24) is 10.6 Å². The lowest BCUT2D eigenvalue weighted by Crippen LogP contribution is -2.40. The van der Waals surface area contributed by atoms with Crippen molar-refractivity contribution in [1.29, 1.82) is 0 Å². The zero-order chi connectivity index (χ0) is 19.9. The number of aliphatic imine (C=N–C) groups is 1. The summed E-state index contributed by atoms with van der Waals surface area (Å²) in [5.74, 6) is 2.03. The Hall–Kier alpha value is -2.03. The van der Waals surface area contributed by atoms with Crippen LogP contribution >= 0.6 is 24.0 Å². The average molecular weight is 512 g/mol. The smallest absolute Gasteiger partial charge is 0.191 e. The first-order valence-electron chi connectivity index (χ1n) is 9.67. The molecule has 1 aliphatic heterocycles. The Bertz CT molecular complexity index is 830. The van der Waals surface area contributed by atoms with Crippen molar-refractivity contribution in [2.45, 2.75) is 19.9 Å². The summed E-state index contributed by atoms with van der Waals surface area (Å²) in [6.45, 7) is 5.30. The molecule has 1 aliphatic rings. The van der Waals surface area contributed by atoms with Crippen LogP contribution in [0, 0.1) is 18.7 Å². The van der Waals surface area contributed by atoms with Gasteiger partial charge in [0.15, 0.2) is 5.96 Å². The van der Waals surface area contributed by atoms with Crippen molar-refractivity contribution in [3.63, 3.8) is 0 Å². The highest BCUT2D eigenvalue weighted by molar-refractivity contribution is 14.0. The summed E-state index contributed by atoms with van der Waals surface area (Å²) in [5, 5.41) is 6.72. The molecule has 0 aromatic heterocycles. The predicted octanol–water partition coefficient (Wildman–Crippen LogP) is 3.95. The summed E-state index contributed by atoms with van der Waals surface area (Å²) in [7, 11) is 3.46. The Kier molecular flexibility index (Phi) is 9.00. The van der Waals surface area contributed by atoms with E-state index in [4.69, 9.17) is 4.74 Å². The topological polar surface area (TPSA) is 48.9 Å². The molecule has 2 N–H and O–H groups in total. The van der Waals surface area contributed by atoms with Gasteiger partial charge < -0.3 is 20.3 Å². The van der Waals surface area contributed by atoms with Crippen molar-refractivity contribution >= 4 is 35.6 Å². The molecule has 1 heterocycles. The normalized spacial score (nSPS) is 16.3. The Morgan fingerprint density at radius 1 is 1.24 bits per heavy atom. The van der Waals surface area contributed by atoms with Crippen LogP contribution < -0.4 is 20.3 Å². The van der Waals surface area contributed by atoms with Crippen molar-refractivity contribution < 1.29 is 9.13 Å². The molecule has 0 bridgehead atoms. The first-order valence-corrected chi connectivity index (χ1v) is 9.67. The van der Waals surface area contributed by atoms with Gasteiger partial charge in [-0.3, -0.25) is 4.99 Å². The fraction of sp³-hybridized carbons (Fsp3) is 0.409. The molecule has 2 aromatic rings. The molecule has 1 fully saturated rings. The van der Waals surface area contributed by atoms with Crippen molar-refractivity contribution in [3.05, 3.63) is 59.4 Å². The maximum absolute atomic E-state index is 13.4. The second kappa shape index (κ2) is 11.2. The van der Waals surface area contributed by atoms with Gasteiger partial charge in [0, 0.05) is 45.0 Å². The number of halogens is 2. The highest BCUT2D eigenvalue weighted by Gasteiger charge is 2.23. The van der Waals surface area contributed by atoms with Crippen LogP contribution in [0.25, 0.3) is 0 Å². The minimum absolute atomic E-state index is 0. The van der Waals surface area contributed by atoms with E-state index in [1.807, 2.05) is 18.2 Å². The lowest BCUT2D eigenvalue weighted by Gasteiger charge is -2.20. The van der Waals surface area contributed by atoms with E-state index in [0.29, 0.717) is 18.0 Å². The molecule has 1 atom stereocenters. The van der Waals surface area contributed by atoms with E-state index < -0.39 is 0 Å². The fourth-order valence-electron chi connectivity index (χ4n) is 3.51. The summed E-state index contributed by atoms with van der Waals surface area (Å²) < 4.78 is 18.7. The number of hydrogen-bond donors (Lipinski definition) is 2. The third-order valence-corrected chi connectivity index (χ3v) is 5.17. The number of rotatable bonds is 6. The zero-order valence-electron chi connectivity index (χ0n) is 17.2. The average Bonchev–Trinajstić information content (AvgIpc) is 3.20. The molecule has 29 heavy (non-hydrogen) atoms. The second-order valence-electron chi connectivity index (χ2n) is 7.19. The number of ether oxygens (including phenoxy) is 1. The van der Waals surface area contributed by atoms with E-state index in [1.165, 1.54) is 11.8 Å². The first kappa shape index (κ1) is 23.3. The van der Waals surface area contributed by atoms with Gasteiger partial charge in [-0.1, -0.05) is 18.2 Å². The summed E-state index contributed by atoms with van der Waals surface area (Å²) in [5.41, 5.74) is 2.90. The van der Waals surface area contributed by atoms with Crippen molar-refractivity contribution in [2.24, 2.45) is 10.9 Å². The van der Waals surface area contributed by atoms with Gasteiger partial charge in [0.25, 0.3) is 0 Å². The number of aryl methyl sites for hydroxylation is 1. The van der Waals surface area contributed by atoms with E-state index in [9.17, 15) is 4.39 Å². The lowest BCUT2D eigenvalue weighted by atomic mass is 10.1. The van der Waals surface area contributed by atoms with Gasteiger partial charge in [0.05, 0.1) is 7.11 Å². The predicted molar refractivity (Wildman–Crippen MR) is 128 cm³/mol. The van der Waals surface area contributed by atoms with Crippen molar-refractivity contribution in [2.75, 3.05) is 38.7 Å². The molecule has 2 aromatic carbocycles. The molecule has 0 saturated carbocycles. The molecule has 3 rings (SSSR count). The van der Waals surface area contributed by atoms with Gasteiger partial charge in [-0.05, 0) is 48.6 Å². The van der Waals surface area contributed by atoms with Crippen LogP contribution in [0.4, 0.5) is 10.1 Å². The van der Waals surface area contributed by atoms with Gasteiger partial charge in [-0.15, -0.1) is 24.0 Å². The number of guanidine groups is 1. The zero-order valence-corrected chi connectivity index (χ0v) is 19.6.